The van der Waals surface area contributed by atoms with Gasteiger partial charge in [0.15, 0.2) is 0 Å². The van der Waals surface area contributed by atoms with Gasteiger partial charge in [0.05, 0.1) is 16.9 Å². The van der Waals surface area contributed by atoms with E-state index in [0.29, 0.717) is 37.4 Å². The van der Waals surface area contributed by atoms with E-state index in [-0.39, 0.29) is 17.2 Å². The fourth-order valence-corrected chi connectivity index (χ4v) is 5.13. The number of rotatable bonds is 5. The van der Waals surface area contributed by atoms with Crippen LogP contribution in [0, 0.1) is 5.82 Å². The molecule has 0 saturated carbocycles. The minimum Gasteiger partial charge on any atom is -0.371 e. The second-order valence-corrected chi connectivity index (χ2v) is 10.3. The number of nitrogens with two attached hydrogens (primary N) is 1. The Kier molecular flexibility index (Phi) is 6.96. The van der Waals surface area contributed by atoms with E-state index < -0.39 is 27.6 Å². The molecular formula is C23H26F4N4O3S. The molecule has 12 heteroatoms. The van der Waals surface area contributed by atoms with Crippen molar-refractivity contribution >= 4 is 27.3 Å². The standard InChI is InChI=1S/C23H26F4N4O3S/c24-20-15-17(3-5-19(20)23(25,26)27)29-9-11-31(12-10-29)22(32)14-16-13-18(35(28,33)34)4-6-21(16)30-7-1-2-8-30/h3-6,13,15H,1-2,7-12,14H2,(H2,28,33,34). The summed E-state index contributed by atoms with van der Waals surface area (Å²) in [4.78, 5) is 18.5. The molecule has 2 heterocycles. The highest BCUT2D eigenvalue weighted by Gasteiger charge is 2.34. The monoisotopic (exact) mass is 514 g/mol. The van der Waals surface area contributed by atoms with Crippen LogP contribution in [0.3, 0.4) is 0 Å². The first-order chi connectivity index (χ1) is 16.4. The highest BCUT2D eigenvalue weighted by atomic mass is 32.2. The number of alkyl halides is 3. The number of benzene rings is 2. The molecule has 0 spiro atoms. The molecule has 2 saturated heterocycles. The molecule has 0 bridgehead atoms. The summed E-state index contributed by atoms with van der Waals surface area (Å²) < 4.78 is 76.1. The van der Waals surface area contributed by atoms with E-state index in [1.165, 1.54) is 18.2 Å². The minimum absolute atomic E-state index is 0.00982. The van der Waals surface area contributed by atoms with Crippen LogP contribution >= 0.6 is 0 Å². The van der Waals surface area contributed by atoms with Crippen molar-refractivity contribution in [3.05, 3.63) is 53.3 Å². The van der Waals surface area contributed by atoms with Crippen molar-refractivity contribution in [2.45, 2.75) is 30.3 Å². The third-order valence-electron chi connectivity index (χ3n) is 6.42. The topological polar surface area (TPSA) is 86.9 Å². The van der Waals surface area contributed by atoms with E-state index >= 15 is 0 Å². The van der Waals surface area contributed by atoms with E-state index in [4.69, 9.17) is 5.14 Å². The number of halogens is 4. The fourth-order valence-electron chi connectivity index (χ4n) is 4.57. The first kappa shape index (κ1) is 25.2. The van der Waals surface area contributed by atoms with E-state index in [9.17, 15) is 30.8 Å². The molecular weight excluding hydrogens is 488 g/mol. The van der Waals surface area contributed by atoms with Gasteiger partial charge < -0.3 is 14.7 Å². The quantitative estimate of drug-likeness (QED) is 0.620. The zero-order chi connectivity index (χ0) is 25.4. The van der Waals surface area contributed by atoms with Crippen LogP contribution in [0.5, 0.6) is 0 Å². The highest BCUT2D eigenvalue weighted by Crippen LogP contribution is 2.33. The van der Waals surface area contributed by atoms with Gasteiger partial charge in [0, 0.05) is 50.6 Å². The van der Waals surface area contributed by atoms with Crippen LogP contribution in [0.25, 0.3) is 0 Å². The van der Waals surface area contributed by atoms with Crippen molar-refractivity contribution in [1.82, 2.24) is 4.90 Å². The summed E-state index contributed by atoms with van der Waals surface area (Å²) >= 11 is 0. The van der Waals surface area contributed by atoms with Gasteiger partial charge in [-0.2, -0.15) is 13.2 Å². The van der Waals surface area contributed by atoms with Crippen LogP contribution in [-0.4, -0.2) is 58.5 Å². The van der Waals surface area contributed by atoms with E-state index in [1.54, 1.807) is 15.9 Å². The van der Waals surface area contributed by atoms with Crippen molar-refractivity contribution in [2.24, 2.45) is 5.14 Å². The molecule has 0 atom stereocenters. The van der Waals surface area contributed by atoms with Gasteiger partial charge in [0.25, 0.3) is 0 Å². The molecule has 2 aromatic carbocycles. The largest absolute Gasteiger partial charge is 0.419 e. The SMILES string of the molecule is NS(=O)(=O)c1ccc(N2CCCC2)c(CC(=O)N2CCN(c3ccc(C(F)(F)F)c(F)c3)CC2)c1. The Labute approximate surface area is 201 Å². The molecule has 7 nitrogen and oxygen atoms in total. The molecule has 0 radical (unpaired) electrons. The van der Waals surface area contributed by atoms with E-state index in [0.717, 1.165) is 43.8 Å². The maximum absolute atomic E-state index is 14.0. The van der Waals surface area contributed by atoms with Gasteiger partial charge in [-0.25, -0.2) is 17.9 Å². The number of hydrogen-bond acceptors (Lipinski definition) is 5. The summed E-state index contributed by atoms with van der Waals surface area (Å²) in [6.45, 7) is 2.89. The lowest BCUT2D eigenvalue weighted by molar-refractivity contribution is -0.140. The van der Waals surface area contributed by atoms with Crippen molar-refractivity contribution < 1.29 is 30.8 Å². The zero-order valence-corrected chi connectivity index (χ0v) is 19.7. The van der Waals surface area contributed by atoms with E-state index in [2.05, 4.69) is 4.90 Å². The fraction of sp³-hybridized carbons (Fsp3) is 0.435. The maximum atomic E-state index is 14.0. The predicted molar refractivity (Wildman–Crippen MR) is 123 cm³/mol. The number of amides is 1. The lowest BCUT2D eigenvalue weighted by Crippen LogP contribution is -2.49. The highest BCUT2D eigenvalue weighted by molar-refractivity contribution is 7.89. The molecule has 1 amide bonds. The van der Waals surface area contributed by atoms with Gasteiger partial charge in [-0.1, -0.05) is 0 Å². The van der Waals surface area contributed by atoms with Crippen molar-refractivity contribution in [2.75, 3.05) is 49.1 Å². The van der Waals surface area contributed by atoms with Crippen LogP contribution in [0.4, 0.5) is 28.9 Å². The van der Waals surface area contributed by atoms with Gasteiger partial charge in [-0.3, -0.25) is 4.79 Å². The van der Waals surface area contributed by atoms with Crippen LogP contribution < -0.4 is 14.9 Å². The van der Waals surface area contributed by atoms with Crippen LogP contribution in [-0.2, 0) is 27.4 Å². The molecule has 190 valence electrons. The Balaban J connectivity index is 1.45. The maximum Gasteiger partial charge on any atom is 0.419 e. The molecule has 2 aromatic rings. The Bertz CT molecular complexity index is 1210. The second kappa shape index (κ2) is 9.65. The molecule has 0 aliphatic carbocycles. The predicted octanol–water partition coefficient (Wildman–Crippen LogP) is 2.98. The lowest BCUT2D eigenvalue weighted by atomic mass is 10.1. The number of nitrogens with zero attached hydrogens (tertiary/aromatic N) is 3. The zero-order valence-electron chi connectivity index (χ0n) is 18.9. The summed E-state index contributed by atoms with van der Waals surface area (Å²) in [5.74, 6) is -1.53. The summed E-state index contributed by atoms with van der Waals surface area (Å²) in [5, 5.41) is 5.29. The Morgan fingerprint density at radius 1 is 0.914 bits per heavy atom. The van der Waals surface area contributed by atoms with Gasteiger partial charge >= 0.3 is 6.18 Å². The third kappa shape index (κ3) is 5.69. The first-order valence-electron chi connectivity index (χ1n) is 11.2. The molecule has 2 N–H and O–H groups in total. The Morgan fingerprint density at radius 2 is 1.57 bits per heavy atom. The molecule has 2 aliphatic heterocycles. The normalized spacial score (nSPS) is 17.2. The number of piperazine rings is 1. The third-order valence-corrected chi connectivity index (χ3v) is 7.33. The number of anilines is 2. The van der Waals surface area contributed by atoms with Gasteiger partial charge in [-0.05, 0) is 54.8 Å². The van der Waals surface area contributed by atoms with Crippen molar-refractivity contribution in [3.63, 3.8) is 0 Å². The number of hydrogen-bond donors (Lipinski definition) is 1. The summed E-state index contributed by atoms with van der Waals surface area (Å²) in [5.41, 5.74) is 0.392. The second-order valence-electron chi connectivity index (χ2n) is 8.74. The van der Waals surface area contributed by atoms with Crippen LogP contribution in [0.15, 0.2) is 41.3 Å². The summed E-state index contributed by atoms with van der Waals surface area (Å²) in [6, 6.07) is 7.39. The summed E-state index contributed by atoms with van der Waals surface area (Å²) in [7, 11) is -3.93. The number of sulfonamides is 1. The van der Waals surface area contributed by atoms with Gasteiger partial charge in [0.2, 0.25) is 15.9 Å². The van der Waals surface area contributed by atoms with Crippen LogP contribution in [0.2, 0.25) is 0 Å². The molecule has 2 fully saturated rings. The molecule has 35 heavy (non-hydrogen) atoms. The molecule has 0 unspecified atom stereocenters. The number of carbonyl (C=O) groups excluding carboxylic acids is 1. The van der Waals surface area contributed by atoms with Crippen molar-refractivity contribution in [3.8, 4) is 0 Å². The smallest absolute Gasteiger partial charge is 0.371 e. The van der Waals surface area contributed by atoms with Gasteiger partial charge in [-0.15, -0.1) is 0 Å². The average molecular weight is 515 g/mol. The minimum atomic E-state index is -4.76. The Hall–Kier alpha value is -2.86. The average Bonchev–Trinajstić information content (AvgIpc) is 3.32. The summed E-state index contributed by atoms with van der Waals surface area (Å²) in [6.07, 6.45) is -2.75. The van der Waals surface area contributed by atoms with Crippen LogP contribution in [0.1, 0.15) is 24.0 Å². The van der Waals surface area contributed by atoms with Gasteiger partial charge in [0.1, 0.15) is 5.82 Å². The first-order valence-corrected chi connectivity index (χ1v) is 12.8. The number of carbonyl (C=O) groups is 1. The lowest BCUT2D eigenvalue weighted by Gasteiger charge is -2.36. The molecule has 2 aliphatic rings. The Morgan fingerprint density at radius 3 is 2.14 bits per heavy atom. The van der Waals surface area contributed by atoms with E-state index in [1.807, 2.05) is 0 Å². The molecule has 4 rings (SSSR count). The number of primary sulfonamides is 1. The van der Waals surface area contributed by atoms with Crippen molar-refractivity contribution in [1.29, 1.82) is 0 Å². The molecule has 0 aromatic heterocycles.